The Morgan fingerprint density at radius 1 is 1.28 bits per heavy atom. The van der Waals surface area contributed by atoms with Gasteiger partial charge in [-0.15, -0.1) is 0 Å². The van der Waals surface area contributed by atoms with Crippen LogP contribution in [0.3, 0.4) is 0 Å². The standard InChI is InChI=1S/C12H21N5O/c13-10-1-5-17(6-2-10)11-3-4-16(7-11)8-12-14-9-15-18-12/h9-11H,1-8,13H2. The van der Waals surface area contributed by atoms with E-state index in [1.165, 1.54) is 12.7 Å². The molecule has 1 aromatic heterocycles. The Balaban J connectivity index is 1.49. The SMILES string of the molecule is NC1CCN(C2CCN(Cc3ncno3)C2)CC1. The quantitative estimate of drug-likeness (QED) is 0.819. The van der Waals surface area contributed by atoms with E-state index >= 15 is 0 Å². The third kappa shape index (κ3) is 2.71. The zero-order valence-corrected chi connectivity index (χ0v) is 10.7. The van der Waals surface area contributed by atoms with E-state index in [-0.39, 0.29) is 0 Å². The van der Waals surface area contributed by atoms with Crippen LogP contribution < -0.4 is 5.73 Å². The summed E-state index contributed by atoms with van der Waals surface area (Å²) < 4.78 is 5.06. The summed E-state index contributed by atoms with van der Waals surface area (Å²) in [5, 5.41) is 3.64. The zero-order chi connectivity index (χ0) is 12.4. The van der Waals surface area contributed by atoms with Crippen LogP contribution in [0.15, 0.2) is 10.9 Å². The van der Waals surface area contributed by atoms with E-state index in [1.54, 1.807) is 0 Å². The van der Waals surface area contributed by atoms with Crippen molar-refractivity contribution in [3.8, 4) is 0 Å². The van der Waals surface area contributed by atoms with Crippen molar-refractivity contribution >= 4 is 0 Å². The van der Waals surface area contributed by atoms with Crippen molar-refractivity contribution in [1.29, 1.82) is 0 Å². The van der Waals surface area contributed by atoms with E-state index in [1.807, 2.05) is 0 Å². The van der Waals surface area contributed by atoms with E-state index < -0.39 is 0 Å². The summed E-state index contributed by atoms with van der Waals surface area (Å²) in [6.45, 7) is 5.32. The summed E-state index contributed by atoms with van der Waals surface area (Å²) in [4.78, 5) is 9.07. The molecule has 0 spiro atoms. The van der Waals surface area contributed by atoms with Crippen LogP contribution in [-0.4, -0.2) is 58.2 Å². The van der Waals surface area contributed by atoms with E-state index in [0.717, 1.165) is 51.5 Å². The maximum Gasteiger partial charge on any atom is 0.240 e. The molecule has 0 saturated carbocycles. The first-order valence-corrected chi connectivity index (χ1v) is 6.79. The molecule has 0 bridgehead atoms. The molecule has 3 rings (SSSR count). The number of piperidine rings is 1. The minimum absolute atomic E-state index is 0.414. The van der Waals surface area contributed by atoms with Gasteiger partial charge < -0.3 is 10.3 Å². The van der Waals surface area contributed by atoms with Crippen molar-refractivity contribution in [3.05, 3.63) is 12.2 Å². The van der Waals surface area contributed by atoms with E-state index in [9.17, 15) is 0 Å². The number of rotatable bonds is 3. The molecule has 2 fully saturated rings. The minimum atomic E-state index is 0.414. The summed E-state index contributed by atoms with van der Waals surface area (Å²) in [7, 11) is 0. The zero-order valence-electron chi connectivity index (χ0n) is 10.7. The van der Waals surface area contributed by atoms with Crippen LogP contribution in [0.2, 0.25) is 0 Å². The molecular weight excluding hydrogens is 230 g/mol. The fourth-order valence-corrected chi connectivity index (χ4v) is 3.00. The second-order valence-electron chi connectivity index (χ2n) is 5.39. The monoisotopic (exact) mass is 251 g/mol. The van der Waals surface area contributed by atoms with Crippen molar-refractivity contribution in [3.63, 3.8) is 0 Å². The number of hydrogen-bond donors (Lipinski definition) is 1. The molecule has 0 aliphatic carbocycles. The molecule has 2 N–H and O–H groups in total. The van der Waals surface area contributed by atoms with E-state index in [0.29, 0.717) is 12.1 Å². The van der Waals surface area contributed by atoms with Crippen LogP contribution in [0.4, 0.5) is 0 Å². The maximum atomic E-state index is 5.95. The summed E-state index contributed by atoms with van der Waals surface area (Å²) in [6.07, 6.45) is 4.98. The van der Waals surface area contributed by atoms with Gasteiger partial charge in [0, 0.05) is 25.2 Å². The van der Waals surface area contributed by atoms with Gasteiger partial charge in [-0.1, -0.05) is 5.16 Å². The molecule has 6 nitrogen and oxygen atoms in total. The van der Waals surface area contributed by atoms with Gasteiger partial charge in [0.05, 0.1) is 6.54 Å². The van der Waals surface area contributed by atoms with E-state index in [2.05, 4.69) is 19.9 Å². The summed E-state index contributed by atoms with van der Waals surface area (Å²) >= 11 is 0. The maximum absolute atomic E-state index is 5.95. The highest BCUT2D eigenvalue weighted by Gasteiger charge is 2.30. The Bertz CT molecular complexity index is 361. The number of likely N-dealkylation sites (tertiary alicyclic amines) is 2. The van der Waals surface area contributed by atoms with Gasteiger partial charge in [0.15, 0.2) is 6.33 Å². The normalized spacial score (nSPS) is 27.9. The third-order valence-corrected chi connectivity index (χ3v) is 4.10. The molecule has 2 aliphatic heterocycles. The van der Waals surface area contributed by atoms with Crippen LogP contribution in [0.5, 0.6) is 0 Å². The number of aromatic nitrogens is 2. The molecule has 0 radical (unpaired) electrons. The van der Waals surface area contributed by atoms with Gasteiger partial charge in [-0.2, -0.15) is 4.98 Å². The number of hydrogen-bond acceptors (Lipinski definition) is 6. The molecule has 18 heavy (non-hydrogen) atoms. The van der Waals surface area contributed by atoms with Crippen LogP contribution >= 0.6 is 0 Å². The number of nitrogens with two attached hydrogens (primary N) is 1. The lowest BCUT2D eigenvalue weighted by Crippen LogP contribution is -2.46. The fourth-order valence-electron chi connectivity index (χ4n) is 3.00. The Hall–Kier alpha value is -0.980. The lowest BCUT2D eigenvalue weighted by Gasteiger charge is -2.34. The molecule has 100 valence electrons. The van der Waals surface area contributed by atoms with Gasteiger partial charge in [0.2, 0.25) is 5.89 Å². The lowest BCUT2D eigenvalue weighted by molar-refractivity contribution is 0.149. The van der Waals surface area contributed by atoms with Crippen LogP contribution in [0.1, 0.15) is 25.2 Å². The van der Waals surface area contributed by atoms with Crippen molar-refractivity contribution in [2.75, 3.05) is 26.2 Å². The van der Waals surface area contributed by atoms with Gasteiger partial charge in [0.25, 0.3) is 0 Å². The molecule has 2 saturated heterocycles. The average molecular weight is 251 g/mol. The van der Waals surface area contributed by atoms with Gasteiger partial charge in [-0.25, -0.2) is 0 Å². The van der Waals surface area contributed by atoms with Gasteiger partial charge in [-0.3, -0.25) is 9.80 Å². The summed E-state index contributed by atoms with van der Waals surface area (Å²) in [6, 6.07) is 1.09. The topological polar surface area (TPSA) is 71.4 Å². The Morgan fingerprint density at radius 3 is 2.83 bits per heavy atom. The van der Waals surface area contributed by atoms with Gasteiger partial charge in [-0.05, 0) is 32.4 Å². The Labute approximate surface area is 107 Å². The smallest absolute Gasteiger partial charge is 0.240 e. The first-order chi connectivity index (χ1) is 8.81. The molecule has 6 heteroatoms. The lowest BCUT2D eigenvalue weighted by atomic mass is 10.0. The summed E-state index contributed by atoms with van der Waals surface area (Å²) in [5.74, 6) is 0.719. The molecule has 2 aliphatic rings. The molecular formula is C12H21N5O. The minimum Gasteiger partial charge on any atom is -0.338 e. The van der Waals surface area contributed by atoms with Gasteiger partial charge in [0.1, 0.15) is 0 Å². The number of nitrogens with zero attached hydrogens (tertiary/aromatic N) is 4. The highest BCUT2D eigenvalue weighted by Crippen LogP contribution is 2.20. The fraction of sp³-hybridized carbons (Fsp3) is 0.833. The predicted octanol–water partition coefficient (Wildman–Crippen LogP) is 0.0670. The van der Waals surface area contributed by atoms with Crippen molar-refractivity contribution in [2.24, 2.45) is 5.73 Å². The average Bonchev–Trinajstić information content (AvgIpc) is 3.02. The van der Waals surface area contributed by atoms with Crippen LogP contribution in [0, 0.1) is 0 Å². The second-order valence-corrected chi connectivity index (χ2v) is 5.39. The largest absolute Gasteiger partial charge is 0.338 e. The van der Waals surface area contributed by atoms with Crippen LogP contribution in [0.25, 0.3) is 0 Å². The first kappa shape index (κ1) is 12.1. The first-order valence-electron chi connectivity index (χ1n) is 6.79. The highest BCUT2D eigenvalue weighted by molar-refractivity contribution is 4.88. The predicted molar refractivity (Wildman–Crippen MR) is 66.8 cm³/mol. The third-order valence-electron chi connectivity index (χ3n) is 4.10. The Morgan fingerprint density at radius 2 is 2.11 bits per heavy atom. The molecule has 3 heterocycles. The molecule has 1 atom stereocenters. The molecule has 1 unspecified atom stereocenters. The van der Waals surface area contributed by atoms with E-state index in [4.69, 9.17) is 10.3 Å². The Kier molecular flexibility index (Phi) is 3.58. The van der Waals surface area contributed by atoms with Crippen molar-refractivity contribution < 1.29 is 4.52 Å². The molecule has 0 amide bonds. The van der Waals surface area contributed by atoms with Crippen molar-refractivity contribution in [1.82, 2.24) is 19.9 Å². The second kappa shape index (κ2) is 5.34. The summed E-state index contributed by atoms with van der Waals surface area (Å²) in [5.41, 5.74) is 5.95. The molecule has 0 aromatic carbocycles. The highest BCUT2D eigenvalue weighted by atomic mass is 16.5. The molecule has 1 aromatic rings. The van der Waals surface area contributed by atoms with Crippen molar-refractivity contribution in [2.45, 2.75) is 37.9 Å². The van der Waals surface area contributed by atoms with Crippen LogP contribution in [-0.2, 0) is 6.54 Å². The van der Waals surface area contributed by atoms with Gasteiger partial charge >= 0.3 is 0 Å².